The van der Waals surface area contributed by atoms with Gasteiger partial charge in [-0.15, -0.1) is 0 Å². The van der Waals surface area contributed by atoms with Crippen molar-refractivity contribution < 1.29 is 19.4 Å². The van der Waals surface area contributed by atoms with E-state index in [0.717, 1.165) is 0 Å². The van der Waals surface area contributed by atoms with E-state index in [9.17, 15) is 14.7 Å². The lowest BCUT2D eigenvalue weighted by atomic mass is 9.38. The quantitative estimate of drug-likeness (QED) is 0.715. The van der Waals surface area contributed by atoms with E-state index < -0.39 is 28.1 Å². The number of ketones is 2. The lowest BCUT2D eigenvalue weighted by molar-refractivity contribution is -0.399. The fourth-order valence-electron chi connectivity index (χ4n) is 6.00. The molecule has 3 aliphatic carbocycles. The van der Waals surface area contributed by atoms with E-state index in [4.69, 9.17) is 4.74 Å². The van der Waals surface area contributed by atoms with Crippen LogP contribution in [0.25, 0.3) is 0 Å². The molecule has 5 aliphatic rings. The van der Waals surface area contributed by atoms with Gasteiger partial charge in [-0.2, -0.15) is 0 Å². The molecule has 0 aromatic carbocycles. The summed E-state index contributed by atoms with van der Waals surface area (Å²) >= 11 is 0. The third kappa shape index (κ3) is 0.863. The zero-order valence-corrected chi connectivity index (χ0v) is 11.7. The Morgan fingerprint density at radius 1 is 1.21 bits per heavy atom. The van der Waals surface area contributed by atoms with Crippen LogP contribution in [0.3, 0.4) is 0 Å². The van der Waals surface area contributed by atoms with Crippen molar-refractivity contribution >= 4 is 11.6 Å². The Hall–Kier alpha value is -0.740. The molecule has 0 amide bonds. The summed E-state index contributed by atoms with van der Waals surface area (Å²) in [5.74, 6) is 0.234. The highest BCUT2D eigenvalue weighted by molar-refractivity contribution is 5.92. The van der Waals surface area contributed by atoms with Crippen molar-refractivity contribution in [1.29, 1.82) is 0 Å². The highest BCUT2D eigenvalue weighted by atomic mass is 16.6. The zero-order valence-electron chi connectivity index (χ0n) is 11.7. The Bertz CT molecular complexity index is 528. The van der Waals surface area contributed by atoms with Crippen LogP contribution in [-0.4, -0.2) is 34.0 Å². The molecule has 4 bridgehead atoms. The molecule has 5 rings (SSSR count). The van der Waals surface area contributed by atoms with E-state index in [0.29, 0.717) is 25.7 Å². The summed E-state index contributed by atoms with van der Waals surface area (Å²) in [6.45, 7) is 5.82. The average molecular weight is 264 g/mol. The predicted octanol–water partition coefficient (Wildman–Crippen LogP) is 1.24. The summed E-state index contributed by atoms with van der Waals surface area (Å²) in [6.07, 6.45) is 1.15. The first kappa shape index (κ1) is 12.0. The molecule has 104 valence electrons. The van der Waals surface area contributed by atoms with Crippen molar-refractivity contribution in [2.75, 3.05) is 0 Å². The number of hydrogen-bond donors (Lipinski definition) is 1. The van der Waals surface area contributed by atoms with E-state index in [1.54, 1.807) is 0 Å². The van der Waals surface area contributed by atoms with Gasteiger partial charge in [0.05, 0.1) is 11.7 Å². The van der Waals surface area contributed by atoms with Gasteiger partial charge in [-0.3, -0.25) is 9.59 Å². The number of Topliss-reactive ketones (excluding diaryl/α,β-unsaturated/α-hetero) is 2. The normalized spacial score (nSPS) is 62.7. The molecule has 0 aromatic rings. The molecule has 0 aromatic heterocycles. The topological polar surface area (TPSA) is 63.6 Å². The van der Waals surface area contributed by atoms with Gasteiger partial charge >= 0.3 is 0 Å². The first-order valence-electron chi connectivity index (χ1n) is 7.15. The maximum Gasteiger partial charge on any atom is 0.137 e. The minimum Gasteiger partial charge on any atom is -0.390 e. The summed E-state index contributed by atoms with van der Waals surface area (Å²) in [5, 5.41) is 10.6. The molecular weight excluding hydrogens is 244 g/mol. The highest BCUT2D eigenvalue weighted by Gasteiger charge is 2.90. The standard InChI is InChI=1S/C15H20O4/c1-8-10(17)6-14-5-9(16)4-12(8,2)15(14)11(18)7-13(14,3)19-15/h8,11,18H,4-7H2,1-3H3/t8-,11+,12-,13+,14+,15+/m1/s1. The summed E-state index contributed by atoms with van der Waals surface area (Å²) in [6, 6.07) is 0. The highest BCUT2D eigenvalue weighted by Crippen LogP contribution is 2.81. The number of fused-ring (bicyclic) bond motifs is 1. The van der Waals surface area contributed by atoms with Crippen LogP contribution < -0.4 is 0 Å². The van der Waals surface area contributed by atoms with E-state index in [1.807, 2.05) is 20.8 Å². The van der Waals surface area contributed by atoms with Gasteiger partial charge in [0, 0.05) is 42.4 Å². The minimum atomic E-state index is -0.671. The SMILES string of the molecule is C[C@@H]1C(=O)C[C@]23CC(=O)C[C@@]1(C)[C@]21O[C@@]3(C)C[C@@H]1O. The molecule has 2 heterocycles. The molecule has 5 fully saturated rings. The molecule has 2 saturated heterocycles. The van der Waals surface area contributed by atoms with E-state index in [-0.39, 0.29) is 17.5 Å². The lowest BCUT2D eigenvalue weighted by Crippen LogP contribution is -2.83. The number of carbonyl (C=O) groups is 2. The number of aliphatic hydroxyl groups excluding tert-OH is 1. The molecule has 2 aliphatic heterocycles. The first-order chi connectivity index (χ1) is 8.72. The van der Waals surface area contributed by atoms with Crippen LogP contribution in [0.4, 0.5) is 0 Å². The largest absolute Gasteiger partial charge is 0.390 e. The molecule has 6 atom stereocenters. The first-order valence-corrected chi connectivity index (χ1v) is 7.15. The van der Waals surface area contributed by atoms with Crippen LogP contribution in [0.1, 0.15) is 46.5 Å². The third-order valence-corrected chi connectivity index (χ3v) is 6.99. The van der Waals surface area contributed by atoms with E-state index in [2.05, 4.69) is 0 Å². The maximum absolute atomic E-state index is 12.4. The fourth-order valence-corrected chi connectivity index (χ4v) is 6.00. The van der Waals surface area contributed by atoms with Crippen LogP contribution in [0.2, 0.25) is 0 Å². The zero-order chi connectivity index (χ0) is 13.8. The van der Waals surface area contributed by atoms with Crippen LogP contribution in [0.5, 0.6) is 0 Å². The molecule has 1 spiro atoms. The van der Waals surface area contributed by atoms with Crippen LogP contribution in [0, 0.1) is 16.7 Å². The fraction of sp³-hybridized carbons (Fsp3) is 0.867. The van der Waals surface area contributed by atoms with Crippen LogP contribution >= 0.6 is 0 Å². The number of ether oxygens (including phenoxy) is 1. The molecule has 4 nitrogen and oxygen atoms in total. The van der Waals surface area contributed by atoms with Crippen molar-refractivity contribution in [3.8, 4) is 0 Å². The summed E-state index contributed by atoms with van der Waals surface area (Å²) < 4.78 is 6.21. The third-order valence-electron chi connectivity index (χ3n) is 6.99. The Balaban J connectivity index is 2.00. The number of aliphatic hydroxyl groups is 1. The Labute approximate surface area is 112 Å². The molecular formula is C15H20O4. The number of rotatable bonds is 0. The van der Waals surface area contributed by atoms with Gasteiger partial charge in [0.25, 0.3) is 0 Å². The maximum atomic E-state index is 12.4. The number of hydrogen-bond acceptors (Lipinski definition) is 4. The van der Waals surface area contributed by atoms with Crippen molar-refractivity contribution in [1.82, 2.24) is 0 Å². The van der Waals surface area contributed by atoms with E-state index >= 15 is 0 Å². The molecule has 4 heteroatoms. The summed E-state index contributed by atoms with van der Waals surface area (Å²) in [5.41, 5.74) is -2.17. The van der Waals surface area contributed by atoms with E-state index in [1.165, 1.54) is 0 Å². The minimum absolute atomic E-state index is 0.220. The molecule has 0 unspecified atom stereocenters. The summed E-state index contributed by atoms with van der Waals surface area (Å²) in [7, 11) is 0. The Kier molecular flexibility index (Phi) is 1.78. The van der Waals surface area contributed by atoms with Gasteiger partial charge in [0.15, 0.2) is 0 Å². The van der Waals surface area contributed by atoms with Crippen LogP contribution in [0.15, 0.2) is 0 Å². The van der Waals surface area contributed by atoms with Gasteiger partial charge in [-0.25, -0.2) is 0 Å². The van der Waals surface area contributed by atoms with Gasteiger partial charge in [0.2, 0.25) is 0 Å². The summed E-state index contributed by atoms with van der Waals surface area (Å²) in [4.78, 5) is 24.7. The smallest absolute Gasteiger partial charge is 0.137 e. The van der Waals surface area contributed by atoms with Crippen LogP contribution in [-0.2, 0) is 14.3 Å². The lowest BCUT2D eigenvalue weighted by Gasteiger charge is -2.74. The van der Waals surface area contributed by atoms with Gasteiger partial charge in [-0.05, 0) is 6.92 Å². The van der Waals surface area contributed by atoms with Gasteiger partial charge < -0.3 is 9.84 Å². The Morgan fingerprint density at radius 2 is 1.89 bits per heavy atom. The van der Waals surface area contributed by atoms with Crippen molar-refractivity contribution in [2.24, 2.45) is 16.7 Å². The second-order valence-corrected chi connectivity index (χ2v) is 7.55. The van der Waals surface area contributed by atoms with Crippen molar-refractivity contribution in [2.45, 2.75) is 63.8 Å². The monoisotopic (exact) mass is 264 g/mol. The molecule has 19 heavy (non-hydrogen) atoms. The van der Waals surface area contributed by atoms with Crippen molar-refractivity contribution in [3.05, 3.63) is 0 Å². The number of carbonyl (C=O) groups excluding carboxylic acids is 2. The second kappa shape index (κ2) is 2.82. The predicted molar refractivity (Wildman–Crippen MR) is 66.4 cm³/mol. The molecule has 0 radical (unpaired) electrons. The van der Waals surface area contributed by atoms with Gasteiger partial charge in [0.1, 0.15) is 17.2 Å². The molecule has 1 N–H and O–H groups in total. The Morgan fingerprint density at radius 3 is 2.53 bits per heavy atom. The van der Waals surface area contributed by atoms with Gasteiger partial charge in [-0.1, -0.05) is 13.8 Å². The van der Waals surface area contributed by atoms with Crippen molar-refractivity contribution in [3.63, 3.8) is 0 Å². The second-order valence-electron chi connectivity index (χ2n) is 7.55. The average Bonchev–Trinajstić information content (AvgIpc) is 2.67. The molecule has 3 saturated carbocycles.